The van der Waals surface area contributed by atoms with Gasteiger partial charge >= 0.3 is 0 Å². The number of rotatable bonds is 1. The maximum Gasteiger partial charge on any atom is 0.0237 e. The highest BCUT2D eigenvalue weighted by molar-refractivity contribution is 5.09. The van der Waals surface area contributed by atoms with Crippen LogP contribution in [0.4, 0.5) is 0 Å². The molecule has 1 heterocycles. The van der Waals surface area contributed by atoms with E-state index in [-0.39, 0.29) is 0 Å². The largest absolute Gasteiger partial charge is 0.296 e. The summed E-state index contributed by atoms with van der Waals surface area (Å²) in [6.07, 6.45) is 6.97. The lowest BCUT2D eigenvalue weighted by atomic mass is 9.94. The van der Waals surface area contributed by atoms with Crippen molar-refractivity contribution in [3.63, 3.8) is 0 Å². The van der Waals surface area contributed by atoms with E-state index in [0.717, 1.165) is 19.1 Å². The van der Waals surface area contributed by atoms with E-state index < -0.39 is 0 Å². The summed E-state index contributed by atoms with van der Waals surface area (Å²) in [6.45, 7) is 6.79. The topological polar surface area (TPSA) is 3.24 Å². The summed E-state index contributed by atoms with van der Waals surface area (Å²) in [7, 11) is 0. The third-order valence-electron chi connectivity index (χ3n) is 3.53. The zero-order valence-corrected chi connectivity index (χ0v) is 8.47. The Balaban J connectivity index is 1.90. The van der Waals surface area contributed by atoms with Gasteiger partial charge in [-0.25, -0.2) is 0 Å². The Labute approximate surface area is 83.2 Å². The molecule has 2 fully saturated rings. The van der Waals surface area contributed by atoms with Gasteiger partial charge in [-0.3, -0.25) is 4.90 Å². The predicted octanol–water partition coefficient (Wildman–Crippen LogP) is 2.83. The molecule has 0 aromatic rings. The van der Waals surface area contributed by atoms with Gasteiger partial charge in [0.1, 0.15) is 0 Å². The van der Waals surface area contributed by atoms with Crippen molar-refractivity contribution in [3.8, 4) is 0 Å². The van der Waals surface area contributed by atoms with Crippen LogP contribution < -0.4 is 0 Å². The van der Waals surface area contributed by atoms with E-state index in [1.807, 2.05) is 0 Å². The first-order chi connectivity index (χ1) is 6.81. The summed E-state index contributed by atoms with van der Waals surface area (Å²) >= 11 is 0. The van der Waals surface area contributed by atoms with Crippen molar-refractivity contribution in [1.82, 2.24) is 4.90 Å². The molecule has 0 aromatic carbocycles. The van der Waals surface area contributed by atoms with Crippen LogP contribution in [0.5, 0.6) is 0 Å². The molecule has 2 aliphatic rings. The molecule has 1 nitrogen and oxygen atoms in total. The van der Waals surface area contributed by atoms with Gasteiger partial charge in [-0.2, -0.15) is 0 Å². The van der Waals surface area contributed by atoms with Gasteiger partial charge in [-0.1, -0.05) is 38.3 Å². The molecule has 1 unspecified atom stereocenters. The summed E-state index contributed by atoms with van der Waals surface area (Å²) in [5, 5.41) is 0. The van der Waals surface area contributed by atoms with Crippen molar-refractivity contribution in [2.75, 3.05) is 13.1 Å². The molecule has 0 N–H and O–H groups in total. The van der Waals surface area contributed by atoms with Crippen molar-refractivity contribution in [3.05, 3.63) is 12.2 Å². The Kier molecular flexibility index (Phi) is 2.37. The van der Waals surface area contributed by atoms with Crippen molar-refractivity contribution in [2.24, 2.45) is 5.92 Å². The lowest BCUT2D eigenvalue weighted by Gasteiger charge is -2.30. The SMILES string of the molecule is [2H]CC1CN(C2CCCCC2)CC1=C. The number of likely N-dealkylation sites (tertiary alicyclic amines) is 1. The minimum Gasteiger partial charge on any atom is -0.296 e. The fourth-order valence-electron chi connectivity index (χ4n) is 2.59. The first kappa shape index (κ1) is 8.05. The van der Waals surface area contributed by atoms with Gasteiger partial charge in [0, 0.05) is 20.5 Å². The Morgan fingerprint density at radius 2 is 2.15 bits per heavy atom. The second-order valence-corrected chi connectivity index (χ2v) is 4.58. The number of hydrogen-bond acceptors (Lipinski definition) is 1. The Morgan fingerprint density at radius 3 is 2.77 bits per heavy atom. The summed E-state index contributed by atoms with van der Waals surface area (Å²) in [5.74, 6) is 0.455. The Hall–Kier alpha value is -0.300. The standard InChI is InChI=1S/C12H21N/c1-10-8-13(9-11(10)2)12-6-4-3-5-7-12/h11-12H,1,3-9H2,2H3/i2D. The predicted molar refractivity (Wildman–Crippen MR) is 56.8 cm³/mol. The normalized spacial score (nSPS) is 33.7. The highest BCUT2D eigenvalue weighted by atomic mass is 15.2. The molecule has 2 rings (SSSR count). The zero-order valence-electron chi connectivity index (χ0n) is 9.47. The highest BCUT2D eigenvalue weighted by Gasteiger charge is 2.28. The third kappa shape index (κ3) is 1.96. The fraction of sp³-hybridized carbons (Fsp3) is 0.833. The van der Waals surface area contributed by atoms with Crippen LogP contribution in [0.2, 0.25) is 0 Å². The molecular formula is C12H21N. The quantitative estimate of drug-likeness (QED) is 0.561. The van der Waals surface area contributed by atoms with Gasteiger partial charge in [0.05, 0.1) is 0 Å². The molecule has 0 radical (unpaired) electrons. The van der Waals surface area contributed by atoms with E-state index >= 15 is 0 Å². The van der Waals surface area contributed by atoms with Crippen LogP contribution in [0.1, 0.15) is 40.4 Å². The van der Waals surface area contributed by atoms with Crippen LogP contribution in [0.15, 0.2) is 12.2 Å². The fourth-order valence-corrected chi connectivity index (χ4v) is 2.59. The Morgan fingerprint density at radius 1 is 1.38 bits per heavy atom. The molecule has 1 heteroatoms. The highest BCUT2D eigenvalue weighted by Crippen LogP contribution is 2.29. The summed E-state index contributed by atoms with van der Waals surface area (Å²) < 4.78 is 7.45. The molecule has 1 saturated heterocycles. The molecule has 1 aliphatic carbocycles. The van der Waals surface area contributed by atoms with Gasteiger partial charge in [-0.15, -0.1) is 0 Å². The minimum absolute atomic E-state index is 0.455. The second-order valence-electron chi connectivity index (χ2n) is 4.58. The molecule has 13 heavy (non-hydrogen) atoms. The molecule has 0 amide bonds. The van der Waals surface area contributed by atoms with E-state index in [2.05, 4.69) is 11.5 Å². The van der Waals surface area contributed by atoms with E-state index in [9.17, 15) is 0 Å². The summed E-state index contributed by atoms with van der Waals surface area (Å²) in [5.41, 5.74) is 1.30. The van der Waals surface area contributed by atoms with Crippen LogP contribution in [0.25, 0.3) is 0 Å². The monoisotopic (exact) mass is 180 g/mol. The molecule has 1 saturated carbocycles. The average molecular weight is 180 g/mol. The lowest BCUT2D eigenvalue weighted by molar-refractivity contribution is 0.188. The average Bonchev–Trinajstić information content (AvgIpc) is 2.61. The minimum atomic E-state index is 0.455. The summed E-state index contributed by atoms with van der Waals surface area (Å²) in [6, 6.07) is 0.803. The Bertz CT molecular complexity index is 208. The van der Waals surface area contributed by atoms with E-state index in [1.54, 1.807) is 0 Å². The molecule has 0 bridgehead atoms. The lowest BCUT2D eigenvalue weighted by Crippen LogP contribution is -2.34. The number of nitrogens with zero attached hydrogens (tertiary/aromatic N) is 1. The van der Waals surface area contributed by atoms with Crippen LogP contribution in [-0.2, 0) is 0 Å². The molecule has 0 aromatic heterocycles. The molecule has 1 atom stereocenters. The second kappa shape index (κ2) is 3.83. The van der Waals surface area contributed by atoms with Gasteiger partial charge in [0.15, 0.2) is 0 Å². The smallest absolute Gasteiger partial charge is 0.0237 e. The van der Waals surface area contributed by atoms with Crippen molar-refractivity contribution >= 4 is 0 Å². The maximum absolute atomic E-state index is 7.45. The van der Waals surface area contributed by atoms with Gasteiger partial charge in [0.25, 0.3) is 0 Å². The first-order valence-electron chi connectivity index (χ1n) is 6.23. The van der Waals surface area contributed by atoms with Crippen LogP contribution in [0.3, 0.4) is 0 Å². The van der Waals surface area contributed by atoms with Crippen molar-refractivity contribution in [1.29, 1.82) is 0 Å². The van der Waals surface area contributed by atoms with Gasteiger partial charge in [0.2, 0.25) is 0 Å². The molecule has 1 aliphatic heterocycles. The molecule has 0 spiro atoms. The molecule has 74 valence electrons. The van der Waals surface area contributed by atoms with Crippen LogP contribution in [0, 0.1) is 5.92 Å². The molecular weight excluding hydrogens is 158 g/mol. The van der Waals surface area contributed by atoms with E-state index in [4.69, 9.17) is 1.37 Å². The van der Waals surface area contributed by atoms with Gasteiger partial charge < -0.3 is 0 Å². The zero-order chi connectivity index (χ0) is 9.97. The van der Waals surface area contributed by atoms with Crippen molar-refractivity contribution < 1.29 is 1.37 Å². The first-order valence-corrected chi connectivity index (χ1v) is 5.52. The number of hydrogen-bond donors (Lipinski definition) is 0. The van der Waals surface area contributed by atoms with E-state index in [0.29, 0.717) is 12.8 Å². The maximum atomic E-state index is 7.45. The van der Waals surface area contributed by atoms with E-state index in [1.165, 1.54) is 37.7 Å². The third-order valence-corrected chi connectivity index (χ3v) is 3.53. The van der Waals surface area contributed by atoms with Gasteiger partial charge in [-0.05, 0) is 18.8 Å². The van der Waals surface area contributed by atoms with Crippen molar-refractivity contribution in [2.45, 2.75) is 45.0 Å². The van der Waals surface area contributed by atoms with Crippen LogP contribution >= 0.6 is 0 Å². The van der Waals surface area contributed by atoms with Crippen LogP contribution in [-0.4, -0.2) is 24.0 Å². The summed E-state index contributed by atoms with van der Waals surface area (Å²) in [4.78, 5) is 2.57.